The standard InChI is InChI=1S/C22H22FNO3/c1-14-12-17(10-11-18(14)23)20(25)22(3,4)24-13-27-15(2)19(21(24)26)16-8-6-5-7-9-16/h5-12H,13H2,1-4H3. The molecule has 1 amide bonds. The van der Waals surface area contributed by atoms with Crippen LogP contribution < -0.4 is 0 Å². The quantitative estimate of drug-likeness (QED) is 0.755. The van der Waals surface area contributed by atoms with E-state index in [1.807, 2.05) is 30.3 Å². The van der Waals surface area contributed by atoms with Crippen LogP contribution in [0.25, 0.3) is 5.57 Å². The topological polar surface area (TPSA) is 46.6 Å². The number of ether oxygens (including phenoxy) is 1. The first kappa shape index (κ1) is 18.8. The van der Waals surface area contributed by atoms with Crippen molar-refractivity contribution in [2.45, 2.75) is 33.2 Å². The number of Topliss-reactive ketones (excluding diaryl/α,β-unsaturated/α-hetero) is 1. The molecule has 0 bridgehead atoms. The Morgan fingerprint density at radius 1 is 1.11 bits per heavy atom. The van der Waals surface area contributed by atoms with E-state index >= 15 is 0 Å². The van der Waals surface area contributed by atoms with E-state index in [1.54, 1.807) is 27.7 Å². The molecule has 0 saturated carbocycles. The predicted molar refractivity (Wildman–Crippen MR) is 101 cm³/mol. The zero-order valence-electron chi connectivity index (χ0n) is 15.9. The molecule has 1 aliphatic rings. The van der Waals surface area contributed by atoms with Gasteiger partial charge in [0, 0.05) is 5.56 Å². The highest BCUT2D eigenvalue weighted by atomic mass is 19.1. The van der Waals surface area contributed by atoms with Gasteiger partial charge in [0.15, 0.2) is 12.5 Å². The van der Waals surface area contributed by atoms with Gasteiger partial charge in [0.1, 0.15) is 17.1 Å². The molecule has 0 N–H and O–H groups in total. The lowest BCUT2D eigenvalue weighted by Gasteiger charge is -2.40. The third kappa shape index (κ3) is 3.37. The number of ketones is 1. The van der Waals surface area contributed by atoms with Crippen molar-refractivity contribution in [2.75, 3.05) is 6.73 Å². The summed E-state index contributed by atoms with van der Waals surface area (Å²) in [7, 11) is 0. The van der Waals surface area contributed by atoms with Gasteiger partial charge in [-0.15, -0.1) is 0 Å². The minimum absolute atomic E-state index is 0.0140. The van der Waals surface area contributed by atoms with E-state index in [4.69, 9.17) is 4.74 Å². The van der Waals surface area contributed by atoms with Crippen molar-refractivity contribution in [3.05, 3.63) is 76.8 Å². The second-order valence-corrected chi connectivity index (χ2v) is 7.16. The number of carbonyl (C=O) groups excluding carboxylic acids is 2. The van der Waals surface area contributed by atoms with Crippen LogP contribution in [0, 0.1) is 12.7 Å². The largest absolute Gasteiger partial charge is 0.477 e. The fourth-order valence-electron chi connectivity index (χ4n) is 3.19. The number of halogens is 1. The maximum absolute atomic E-state index is 13.6. The maximum Gasteiger partial charge on any atom is 0.261 e. The molecular formula is C22H22FNO3. The SMILES string of the molecule is CC1=C(c2ccccc2)C(=O)N(C(C)(C)C(=O)c2ccc(F)c(C)c2)CO1. The first-order valence-corrected chi connectivity index (χ1v) is 8.75. The number of allylic oxidation sites excluding steroid dienone is 1. The van der Waals surface area contributed by atoms with E-state index in [-0.39, 0.29) is 24.2 Å². The Bertz CT molecular complexity index is 932. The summed E-state index contributed by atoms with van der Waals surface area (Å²) in [5.41, 5.74) is 0.781. The Kier molecular flexibility index (Phi) is 4.87. The number of amides is 1. The molecule has 5 heteroatoms. The second kappa shape index (κ2) is 6.99. The van der Waals surface area contributed by atoms with Crippen LogP contribution >= 0.6 is 0 Å². The Labute approximate surface area is 158 Å². The summed E-state index contributed by atoms with van der Waals surface area (Å²) in [6, 6.07) is 13.5. The van der Waals surface area contributed by atoms with Crippen LogP contribution in [0.15, 0.2) is 54.3 Å². The number of carbonyl (C=O) groups is 2. The lowest BCUT2D eigenvalue weighted by Crippen LogP contribution is -2.55. The number of nitrogens with zero attached hydrogens (tertiary/aromatic N) is 1. The normalized spacial score (nSPS) is 15.0. The monoisotopic (exact) mass is 367 g/mol. The van der Waals surface area contributed by atoms with Gasteiger partial charge in [-0.2, -0.15) is 0 Å². The molecule has 1 aliphatic heterocycles. The van der Waals surface area contributed by atoms with Crippen molar-refractivity contribution in [3.8, 4) is 0 Å². The fraction of sp³-hybridized carbons (Fsp3) is 0.273. The molecule has 27 heavy (non-hydrogen) atoms. The molecule has 0 spiro atoms. The van der Waals surface area contributed by atoms with Crippen molar-refractivity contribution in [1.82, 2.24) is 4.90 Å². The van der Waals surface area contributed by atoms with E-state index in [2.05, 4.69) is 0 Å². The lowest BCUT2D eigenvalue weighted by molar-refractivity contribution is -0.136. The zero-order valence-corrected chi connectivity index (χ0v) is 15.9. The molecule has 4 nitrogen and oxygen atoms in total. The van der Waals surface area contributed by atoms with Gasteiger partial charge >= 0.3 is 0 Å². The van der Waals surface area contributed by atoms with Crippen LogP contribution in [0.1, 0.15) is 42.3 Å². The fourth-order valence-corrected chi connectivity index (χ4v) is 3.19. The zero-order chi connectivity index (χ0) is 19.8. The maximum atomic E-state index is 13.6. The predicted octanol–water partition coefficient (Wildman–Crippen LogP) is 4.34. The van der Waals surface area contributed by atoms with Gasteiger partial charge in [-0.25, -0.2) is 4.39 Å². The van der Waals surface area contributed by atoms with Crippen molar-refractivity contribution >= 4 is 17.3 Å². The van der Waals surface area contributed by atoms with Crippen LogP contribution in [-0.4, -0.2) is 28.9 Å². The molecule has 0 saturated heterocycles. The van der Waals surface area contributed by atoms with Gasteiger partial charge in [0.05, 0.1) is 5.57 Å². The van der Waals surface area contributed by atoms with Crippen molar-refractivity contribution in [3.63, 3.8) is 0 Å². The third-order valence-electron chi connectivity index (χ3n) is 4.93. The molecule has 0 aliphatic carbocycles. The number of benzene rings is 2. The van der Waals surface area contributed by atoms with Gasteiger partial charge in [-0.1, -0.05) is 30.3 Å². The smallest absolute Gasteiger partial charge is 0.261 e. The Morgan fingerprint density at radius 2 is 1.78 bits per heavy atom. The molecule has 3 rings (SSSR count). The summed E-state index contributed by atoms with van der Waals surface area (Å²) < 4.78 is 19.3. The highest BCUT2D eigenvalue weighted by Crippen LogP contribution is 2.32. The van der Waals surface area contributed by atoms with E-state index in [0.717, 1.165) is 5.56 Å². The first-order chi connectivity index (χ1) is 12.7. The van der Waals surface area contributed by atoms with Crippen LogP contribution in [0.4, 0.5) is 4.39 Å². The minimum atomic E-state index is -1.15. The average molecular weight is 367 g/mol. The van der Waals surface area contributed by atoms with Gasteiger partial charge in [-0.3, -0.25) is 14.5 Å². The van der Waals surface area contributed by atoms with Crippen LogP contribution in [0.5, 0.6) is 0 Å². The summed E-state index contributed by atoms with van der Waals surface area (Å²) in [6.07, 6.45) is 0. The van der Waals surface area contributed by atoms with Crippen LogP contribution in [0.2, 0.25) is 0 Å². The number of hydrogen-bond donors (Lipinski definition) is 0. The van der Waals surface area contributed by atoms with Crippen molar-refractivity contribution in [1.29, 1.82) is 0 Å². The average Bonchev–Trinajstić information content (AvgIpc) is 2.64. The molecule has 0 atom stereocenters. The van der Waals surface area contributed by atoms with Gasteiger partial charge in [0.25, 0.3) is 5.91 Å². The first-order valence-electron chi connectivity index (χ1n) is 8.75. The number of rotatable bonds is 4. The summed E-state index contributed by atoms with van der Waals surface area (Å²) in [5, 5.41) is 0. The Morgan fingerprint density at radius 3 is 2.41 bits per heavy atom. The van der Waals surface area contributed by atoms with Crippen molar-refractivity contribution < 1.29 is 18.7 Å². The Hall–Kier alpha value is -2.95. The molecule has 1 heterocycles. The molecular weight excluding hydrogens is 345 g/mol. The highest BCUT2D eigenvalue weighted by Gasteiger charge is 2.42. The minimum Gasteiger partial charge on any atom is -0.477 e. The Balaban J connectivity index is 1.96. The lowest BCUT2D eigenvalue weighted by atomic mass is 9.89. The molecule has 2 aromatic rings. The number of aryl methyl sites for hydroxylation is 1. The van der Waals surface area contributed by atoms with Gasteiger partial charge in [-0.05, 0) is 57.0 Å². The van der Waals surface area contributed by atoms with Gasteiger partial charge < -0.3 is 4.74 Å². The van der Waals surface area contributed by atoms with E-state index in [0.29, 0.717) is 22.5 Å². The number of hydrogen-bond acceptors (Lipinski definition) is 3. The highest BCUT2D eigenvalue weighted by molar-refractivity contribution is 6.22. The van der Waals surface area contributed by atoms with Crippen molar-refractivity contribution in [2.24, 2.45) is 0 Å². The third-order valence-corrected chi connectivity index (χ3v) is 4.93. The summed E-state index contributed by atoms with van der Waals surface area (Å²) in [5.74, 6) is -0.369. The molecule has 0 aromatic heterocycles. The molecule has 0 radical (unpaired) electrons. The summed E-state index contributed by atoms with van der Waals surface area (Å²) >= 11 is 0. The molecule has 0 unspecified atom stereocenters. The van der Waals surface area contributed by atoms with Crippen LogP contribution in [0.3, 0.4) is 0 Å². The molecule has 0 fully saturated rings. The van der Waals surface area contributed by atoms with Crippen LogP contribution in [-0.2, 0) is 9.53 Å². The molecule has 2 aromatic carbocycles. The summed E-state index contributed by atoms with van der Waals surface area (Å²) in [4.78, 5) is 27.7. The summed E-state index contributed by atoms with van der Waals surface area (Å²) in [6.45, 7) is 6.70. The van der Waals surface area contributed by atoms with E-state index < -0.39 is 5.54 Å². The molecule has 140 valence electrons. The van der Waals surface area contributed by atoms with Gasteiger partial charge in [0.2, 0.25) is 0 Å². The second-order valence-electron chi connectivity index (χ2n) is 7.16. The van der Waals surface area contributed by atoms with E-state index in [9.17, 15) is 14.0 Å². The van der Waals surface area contributed by atoms with E-state index in [1.165, 1.54) is 23.1 Å².